The lowest BCUT2D eigenvalue weighted by molar-refractivity contribution is -0.114. The molecule has 128 valence electrons. The van der Waals surface area contributed by atoms with Crippen LogP contribution in [0.25, 0.3) is 11.3 Å². The molecule has 6 nitrogen and oxygen atoms in total. The first-order valence-corrected chi connectivity index (χ1v) is 7.79. The summed E-state index contributed by atoms with van der Waals surface area (Å²) in [6.45, 7) is 2.94. The minimum atomic E-state index is -1.27. The SMILES string of the molecule is COc1cccc(-c2ccc3c(n2)C(O)C(C(C)=O)=C(C)NC3=O)c1. The Bertz CT molecular complexity index is 902. The van der Waals surface area contributed by atoms with Gasteiger partial charge in [0.15, 0.2) is 5.78 Å². The summed E-state index contributed by atoms with van der Waals surface area (Å²) in [5.74, 6) is -0.0353. The Morgan fingerprint density at radius 1 is 1.28 bits per heavy atom. The van der Waals surface area contributed by atoms with Gasteiger partial charge in [0.1, 0.15) is 11.9 Å². The number of ether oxygens (including phenoxy) is 1. The Hall–Kier alpha value is -2.99. The van der Waals surface area contributed by atoms with E-state index in [4.69, 9.17) is 4.74 Å². The summed E-state index contributed by atoms with van der Waals surface area (Å²) in [6, 6.07) is 10.6. The van der Waals surface area contributed by atoms with E-state index >= 15 is 0 Å². The van der Waals surface area contributed by atoms with E-state index in [0.29, 0.717) is 17.1 Å². The maximum Gasteiger partial charge on any atom is 0.257 e. The number of nitrogens with one attached hydrogen (secondary N) is 1. The molecule has 0 saturated carbocycles. The number of rotatable bonds is 3. The lowest BCUT2D eigenvalue weighted by Gasteiger charge is -2.14. The van der Waals surface area contributed by atoms with Crippen LogP contribution in [-0.4, -0.2) is 28.9 Å². The van der Waals surface area contributed by atoms with Gasteiger partial charge in [-0.15, -0.1) is 0 Å². The summed E-state index contributed by atoms with van der Waals surface area (Å²) in [5.41, 5.74) is 2.25. The van der Waals surface area contributed by atoms with Gasteiger partial charge < -0.3 is 15.2 Å². The monoisotopic (exact) mass is 338 g/mol. The molecular formula is C19H18N2O4. The summed E-state index contributed by atoms with van der Waals surface area (Å²) in [4.78, 5) is 28.7. The zero-order valence-electron chi connectivity index (χ0n) is 14.2. The second-order valence-electron chi connectivity index (χ2n) is 5.81. The predicted octanol–water partition coefficient (Wildman–Crippen LogP) is 2.40. The molecular weight excluding hydrogens is 320 g/mol. The van der Waals surface area contributed by atoms with Gasteiger partial charge in [0.25, 0.3) is 5.91 Å². The predicted molar refractivity (Wildman–Crippen MR) is 92.0 cm³/mol. The van der Waals surface area contributed by atoms with Gasteiger partial charge in [0, 0.05) is 16.8 Å². The third-order valence-corrected chi connectivity index (χ3v) is 4.15. The van der Waals surface area contributed by atoms with Crippen molar-refractivity contribution in [1.29, 1.82) is 0 Å². The number of aliphatic hydroxyl groups is 1. The summed E-state index contributed by atoms with van der Waals surface area (Å²) in [6.07, 6.45) is -1.27. The number of fused-ring (bicyclic) bond motifs is 1. The molecule has 25 heavy (non-hydrogen) atoms. The van der Waals surface area contributed by atoms with Crippen LogP contribution in [-0.2, 0) is 4.79 Å². The minimum Gasteiger partial charge on any atom is -0.497 e. The third-order valence-electron chi connectivity index (χ3n) is 4.15. The summed E-state index contributed by atoms with van der Waals surface area (Å²) < 4.78 is 5.22. The normalized spacial score (nSPS) is 16.8. The number of hydrogen-bond donors (Lipinski definition) is 2. The molecule has 3 rings (SSSR count). The topological polar surface area (TPSA) is 88.5 Å². The molecule has 1 atom stereocenters. The molecule has 1 amide bonds. The van der Waals surface area contributed by atoms with Crippen LogP contribution in [0.3, 0.4) is 0 Å². The van der Waals surface area contributed by atoms with Crippen LogP contribution in [0.4, 0.5) is 0 Å². The molecule has 1 aromatic carbocycles. The number of carbonyl (C=O) groups is 2. The number of aromatic nitrogens is 1. The first kappa shape index (κ1) is 16.9. The van der Waals surface area contributed by atoms with Crippen molar-refractivity contribution in [2.45, 2.75) is 20.0 Å². The van der Waals surface area contributed by atoms with Crippen molar-refractivity contribution in [3.05, 3.63) is 58.9 Å². The zero-order valence-corrected chi connectivity index (χ0v) is 14.2. The van der Waals surface area contributed by atoms with Gasteiger partial charge >= 0.3 is 0 Å². The number of amides is 1. The Morgan fingerprint density at radius 2 is 2.04 bits per heavy atom. The maximum absolute atomic E-state index is 12.4. The van der Waals surface area contributed by atoms with E-state index < -0.39 is 12.0 Å². The zero-order chi connectivity index (χ0) is 18.1. The van der Waals surface area contributed by atoms with E-state index in [9.17, 15) is 14.7 Å². The van der Waals surface area contributed by atoms with Gasteiger partial charge in [-0.1, -0.05) is 12.1 Å². The highest BCUT2D eigenvalue weighted by molar-refractivity contribution is 6.02. The molecule has 0 bridgehead atoms. The molecule has 1 aliphatic rings. The van der Waals surface area contributed by atoms with E-state index in [0.717, 1.165) is 5.56 Å². The number of allylic oxidation sites excluding steroid dienone is 1. The summed E-state index contributed by atoms with van der Waals surface area (Å²) in [7, 11) is 1.57. The second-order valence-corrected chi connectivity index (χ2v) is 5.81. The third kappa shape index (κ3) is 3.04. The highest BCUT2D eigenvalue weighted by Gasteiger charge is 2.30. The number of Topliss-reactive ketones (excluding diaryl/α,β-unsaturated/α-hetero) is 1. The van der Waals surface area contributed by atoms with Gasteiger partial charge in [-0.2, -0.15) is 0 Å². The average Bonchev–Trinajstić information content (AvgIpc) is 2.69. The van der Waals surface area contributed by atoms with E-state index in [1.54, 1.807) is 26.2 Å². The molecule has 1 unspecified atom stereocenters. The largest absolute Gasteiger partial charge is 0.497 e. The van der Waals surface area contributed by atoms with Crippen LogP contribution >= 0.6 is 0 Å². The average molecular weight is 338 g/mol. The number of methoxy groups -OCH3 is 1. The molecule has 1 aliphatic heterocycles. The second kappa shape index (κ2) is 6.49. The van der Waals surface area contributed by atoms with Crippen LogP contribution in [0, 0.1) is 0 Å². The number of ketones is 1. The lowest BCUT2D eigenvalue weighted by Crippen LogP contribution is -2.22. The Morgan fingerprint density at radius 3 is 2.72 bits per heavy atom. The number of hydrogen-bond acceptors (Lipinski definition) is 5. The molecule has 2 aromatic rings. The van der Waals surface area contributed by atoms with Crippen molar-refractivity contribution < 1.29 is 19.4 Å². The van der Waals surface area contributed by atoms with Crippen LogP contribution in [0.1, 0.15) is 36.0 Å². The highest BCUT2D eigenvalue weighted by Crippen LogP contribution is 2.31. The fourth-order valence-corrected chi connectivity index (χ4v) is 2.92. The molecule has 0 fully saturated rings. The maximum atomic E-state index is 12.4. The van der Waals surface area contributed by atoms with Gasteiger partial charge in [-0.25, -0.2) is 4.98 Å². The van der Waals surface area contributed by atoms with Crippen molar-refractivity contribution in [3.8, 4) is 17.0 Å². The van der Waals surface area contributed by atoms with Crippen molar-refractivity contribution in [3.63, 3.8) is 0 Å². The molecule has 1 aromatic heterocycles. The van der Waals surface area contributed by atoms with Crippen LogP contribution < -0.4 is 10.1 Å². The smallest absolute Gasteiger partial charge is 0.257 e. The number of nitrogens with zero attached hydrogens (tertiary/aromatic N) is 1. The van der Waals surface area contributed by atoms with E-state index in [-0.39, 0.29) is 22.6 Å². The van der Waals surface area contributed by atoms with Gasteiger partial charge in [0.2, 0.25) is 0 Å². The minimum absolute atomic E-state index is 0.141. The van der Waals surface area contributed by atoms with Gasteiger partial charge in [0.05, 0.1) is 24.1 Å². The fourth-order valence-electron chi connectivity index (χ4n) is 2.92. The lowest BCUT2D eigenvalue weighted by atomic mass is 9.98. The summed E-state index contributed by atoms with van der Waals surface area (Å²) in [5, 5.41) is 13.3. The molecule has 2 N–H and O–H groups in total. The standard InChI is InChI=1S/C19H18N2O4/c1-10-16(11(2)22)18(23)17-14(19(24)20-10)7-8-15(21-17)12-5-4-6-13(9-12)25-3/h4-9,18,23H,1-3H3,(H,20,24). The molecule has 0 radical (unpaired) electrons. The van der Waals surface area contributed by atoms with Gasteiger partial charge in [-0.05, 0) is 38.1 Å². The highest BCUT2D eigenvalue weighted by atomic mass is 16.5. The first-order valence-electron chi connectivity index (χ1n) is 7.79. The Labute approximate surface area is 145 Å². The number of benzene rings is 1. The van der Waals surface area contributed by atoms with Gasteiger partial charge in [-0.3, -0.25) is 9.59 Å². The van der Waals surface area contributed by atoms with Crippen molar-refractivity contribution in [2.75, 3.05) is 7.11 Å². The number of pyridine rings is 1. The Balaban J connectivity index is 2.15. The number of aliphatic hydroxyl groups excluding tert-OH is 1. The molecule has 6 heteroatoms. The molecule has 2 heterocycles. The van der Waals surface area contributed by atoms with E-state index in [1.165, 1.54) is 6.92 Å². The molecule has 0 saturated heterocycles. The van der Waals surface area contributed by atoms with E-state index in [2.05, 4.69) is 10.3 Å². The van der Waals surface area contributed by atoms with Crippen LogP contribution in [0.2, 0.25) is 0 Å². The van der Waals surface area contributed by atoms with Crippen LogP contribution in [0.5, 0.6) is 5.75 Å². The number of carbonyl (C=O) groups excluding carboxylic acids is 2. The quantitative estimate of drug-likeness (QED) is 0.897. The molecule has 0 aliphatic carbocycles. The van der Waals surface area contributed by atoms with Crippen molar-refractivity contribution in [1.82, 2.24) is 10.3 Å². The first-order chi connectivity index (χ1) is 11.9. The van der Waals surface area contributed by atoms with Crippen molar-refractivity contribution >= 4 is 11.7 Å². The van der Waals surface area contributed by atoms with Crippen LogP contribution in [0.15, 0.2) is 47.7 Å². The summed E-state index contributed by atoms with van der Waals surface area (Å²) >= 11 is 0. The molecule has 0 spiro atoms. The fraction of sp³-hybridized carbons (Fsp3) is 0.211. The van der Waals surface area contributed by atoms with Crippen molar-refractivity contribution in [2.24, 2.45) is 0 Å². The van der Waals surface area contributed by atoms with E-state index in [1.807, 2.05) is 24.3 Å². The Kier molecular flexibility index (Phi) is 4.37.